The quantitative estimate of drug-likeness (QED) is 0.241. The molecule has 6 nitrogen and oxygen atoms in total. The first-order chi connectivity index (χ1) is 4.50. The van der Waals surface area contributed by atoms with Gasteiger partial charge in [0.05, 0.1) is 0 Å². The minimum Gasteiger partial charge on any atom is -0.759 e. The van der Waals surface area contributed by atoms with E-state index >= 15 is 0 Å². The fourth-order valence-corrected chi connectivity index (χ4v) is 0.215. The summed E-state index contributed by atoms with van der Waals surface area (Å²) in [5, 5.41) is 6.21. The van der Waals surface area contributed by atoms with Gasteiger partial charge in [0.2, 0.25) is 0 Å². The summed E-state index contributed by atoms with van der Waals surface area (Å²) in [6, 6.07) is 1.83. The molecule has 0 spiro atoms. The first-order valence-corrected chi connectivity index (χ1v) is 3.44. The molecule has 1 aromatic heterocycles. The number of hydrogen-bond acceptors (Lipinski definition) is 5. The van der Waals surface area contributed by atoms with Crippen molar-refractivity contribution in [2.45, 2.75) is 0 Å². The minimum absolute atomic E-state index is 0. The molecule has 0 aliphatic rings. The van der Waals surface area contributed by atoms with Crippen LogP contribution in [0.25, 0.3) is 0 Å². The molecule has 1 aromatic rings. The van der Waals surface area contributed by atoms with Gasteiger partial charge in [0.15, 0.2) is 0 Å². The van der Waals surface area contributed by atoms with Crippen LogP contribution in [0.2, 0.25) is 0 Å². The molecule has 0 amide bonds. The van der Waals surface area contributed by atoms with Crippen LogP contribution in [0.15, 0.2) is 18.5 Å². The van der Waals surface area contributed by atoms with Crippen LogP contribution in [0.5, 0.6) is 0 Å². The number of aromatic nitrogens is 2. The Hall–Kier alpha value is 0.275. The van der Waals surface area contributed by atoms with Crippen LogP contribution in [0.4, 0.5) is 0 Å². The first kappa shape index (κ1) is 18.1. The molecular weight excluding hydrogens is 174 g/mol. The van der Waals surface area contributed by atoms with Gasteiger partial charge in [0.25, 0.3) is 0 Å². The van der Waals surface area contributed by atoms with Crippen molar-refractivity contribution in [3.63, 3.8) is 0 Å². The predicted octanol–water partition coefficient (Wildman–Crippen LogP) is -6.92. The average molecular weight is 178 g/mol. The van der Waals surface area contributed by atoms with Gasteiger partial charge in [0, 0.05) is 22.8 Å². The smallest absolute Gasteiger partial charge is 0.759 e. The maximum Gasteiger partial charge on any atom is 1.00 e. The molecule has 1 N–H and O–H groups in total. The van der Waals surface area contributed by atoms with E-state index in [2.05, 4.69) is 10.2 Å². The summed E-state index contributed by atoms with van der Waals surface area (Å²) < 4.78 is 34.1. The van der Waals surface area contributed by atoms with Crippen molar-refractivity contribution in [1.82, 2.24) is 10.2 Å². The Morgan fingerprint density at radius 3 is 1.75 bits per heavy atom. The Balaban J connectivity index is -0.000000116. The van der Waals surface area contributed by atoms with Crippen molar-refractivity contribution in [3.05, 3.63) is 18.5 Å². The summed E-state index contributed by atoms with van der Waals surface area (Å²) in [5.41, 5.74) is 0. The van der Waals surface area contributed by atoms with E-state index in [9.17, 15) is 0 Å². The molecule has 1 rings (SSSR count). The molecule has 0 aromatic carbocycles. The summed E-state index contributed by atoms with van der Waals surface area (Å²) in [5.74, 6) is 0. The molecule has 0 saturated carbocycles. The van der Waals surface area contributed by atoms with E-state index in [0.717, 1.165) is 0 Å². The summed E-state index contributed by atoms with van der Waals surface area (Å²) >= 11 is 0. The van der Waals surface area contributed by atoms with Crippen molar-refractivity contribution in [1.29, 1.82) is 0 Å². The molecule has 0 fully saturated rings. The summed E-state index contributed by atoms with van der Waals surface area (Å²) in [6.07, 6.45) is 3.46. The van der Waals surface area contributed by atoms with Crippen LogP contribution < -0.4 is 37.7 Å². The minimum atomic E-state index is -5.17. The zero-order valence-electron chi connectivity index (χ0n) is 6.72. The number of nitrogens with one attached hydrogen (secondary N) is 1. The van der Waals surface area contributed by atoms with E-state index in [0.29, 0.717) is 0 Å². The van der Waals surface area contributed by atoms with Gasteiger partial charge < -0.3 is 9.11 Å². The van der Waals surface area contributed by atoms with Crippen LogP contribution in [-0.4, -0.2) is 27.7 Å². The maximum atomic E-state index is 8.52. The van der Waals surface area contributed by atoms with E-state index in [-0.39, 0.29) is 37.7 Å². The molecule has 0 unspecified atom stereocenters. The zero-order chi connectivity index (χ0) is 8.04. The third-order valence-corrected chi connectivity index (χ3v) is 0.406. The summed E-state index contributed by atoms with van der Waals surface area (Å²) in [4.78, 5) is 0. The monoisotopic (exact) mass is 178 g/mol. The van der Waals surface area contributed by atoms with Crippen LogP contribution in [-0.2, 0) is 10.4 Å². The second-order valence-corrected chi connectivity index (χ2v) is 1.99. The maximum absolute atomic E-state index is 8.52. The SMILES string of the molecule is O=S(=O)([O-])[O-].[Li+].[Li+].c1cn[nH]c1. The van der Waals surface area contributed by atoms with Gasteiger partial charge in [-0.25, -0.2) is 0 Å². The van der Waals surface area contributed by atoms with Crippen LogP contribution in [0.3, 0.4) is 0 Å². The van der Waals surface area contributed by atoms with Crippen molar-refractivity contribution in [3.8, 4) is 0 Å². The van der Waals surface area contributed by atoms with Crippen LogP contribution in [0, 0.1) is 0 Å². The number of rotatable bonds is 0. The Bertz CT molecular complexity index is 222. The van der Waals surface area contributed by atoms with E-state index < -0.39 is 10.4 Å². The molecule has 12 heavy (non-hydrogen) atoms. The molecule has 9 heteroatoms. The molecule has 0 aliphatic carbocycles. The van der Waals surface area contributed by atoms with Crippen molar-refractivity contribution in [2.24, 2.45) is 0 Å². The van der Waals surface area contributed by atoms with Gasteiger partial charge >= 0.3 is 37.7 Å². The van der Waals surface area contributed by atoms with Gasteiger partial charge in [-0.1, -0.05) is 0 Å². The van der Waals surface area contributed by atoms with E-state index in [1.54, 1.807) is 12.4 Å². The fraction of sp³-hybridized carbons (Fsp3) is 0. The Morgan fingerprint density at radius 2 is 1.67 bits per heavy atom. The third kappa shape index (κ3) is 31.8. The summed E-state index contributed by atoms with van der Waals surface area (Å²) in [6.45, 7) is 0. The van der Waals surface area contributed by atoms with Crippen molar-refractivity contribution < 1.29 is 55.2 Å². The standard InChI is InChI=1S/C3H4N2.2Li.H2O4S/c1-2-4-5-3-1;;;1-5(2,3)4/h1-3H,(H,4,5);;;(H2,1,2,3,4)/q;2*+1;/p-2. The van der Waals surface area contributed by atoms with Gasteiger partial charge in [-0.2, -0.15) is 5.10 Å². The number of hydrogen-bond donors (Lipinski definition) is 1. The molecule has 0 bridgehead atoms. The fourth-order valence-electron chi connectivity index (χ4n) is 0.215. The van der Waals surface area contributed by atoms with Gasteiger partial charge in [-0.05, 0) is 6.07 Å². The van der Waals surface area contributed by atoms with E-state index in [4.69, 9.17) is 17.5 Å². The molecule has 0 saturated heterocycles. The Morgan fingerprint density at radius 1 is 1.25 bits per heavy atom. The predicted molar refractivity (Wildman–Crippen MR) is 29.1 cm³/mol. The van der Waals surface area contributed by atoms with E-state index in [1.165, 1.54) is 0 Å². The molecule has 0 atom stereocenters. The number of aromatic amines is 1. The third-order valence-electron chi connectivity index (χ3n) is 0.406. The second-order valence-electron chi connectivity index (χ2n) is 1.17. The van der Waals surface area contributed by atoms with Crippen molar-refractivity contribution >= 4 is 10.4 Å². The van der Waals surface area contributed by atoms with Crippen LogP contribution >= 0.6 is 0 Å². The summed E-state index contributed by atoms with van der Waals surface area (Å²) in [7, 11) is -5.17. The second kappa shape index (κ2) is 9.36. The Labute approximate surface area is 94.1 Å². The Kier molecular flexibility index (Phi) is 14.2. The van der Waals surface area contributed by atoms with Gasteiger partial charge in [0.1, 0.15) is 0 Å². The normalized spacial score (nSPS) is 8.17. The van der Waals surface area contributed by atoms with Gasteiger partial charge in [-0.3, -0.25) is 13.5 Å². The molecule has 58 valence electrons. The van der Waals surface area contributed by atoms with E-state index in [1.807, 2.05) is 6.07 Å². The van der Waals surface area contributed by atoms with Crippen molar-refractivity contribution in [2.75, 3.05) is 0 Å². The molecule has 0 radical (unpaired) electrons. The number of H-pyrrole nitrogens is 1. The topological polar surface area (TPSA) is 109 Å². The average Bonchev–Trinajstić information content (AvgIpc) is 2.07. The molecule has 0 aliphatic heterocycles. The molecule has 1 heterocycles. The van der Waals surface area contributed by atoms with Gasteiger partial charge in [-0.15, -0.1) is 0 Å². The largest absolute Gasteiger partial charge is 1.00 e. The number of nitrogens with zero attached hydrogens (tertiary/aromatic N) is 1. The first-order valence-electron chi connectivity index (χ1n) is 2.10. The van der Waals surface area contributed by atoms with Crippen LogP contribution in [0.1, 0.15) is 0 Å². The molecular formula is C3H4Li2N2O4S. The zero-order valence-corrected chi connectivity index (χ0v) is 7.54.